The van der Waals surface area contributed by atoms with E-state index < -0.39 is 0 Å². The summed E-state index contributed by atoms with van der Waals surface area (Å²) in [6.45, 7) is 1.84. The predicted octanol–water partition coefficient (Wildman–Crippen LogP) is 0.560. The van der Waals surface area contributed by atoms with Gasteiger partial charge in [0.25, 0.3) is 0 Å². The molecule has 0 atom stereocenters. The van der Waals surface area contributed by atoms with Gasteiger partial charge in [0, 0.05) is 19.1 Å². The summed E-state index contributed by atoms with van der Waals surface area (Å²) in [5, 5.41) is 3.25. The Kier molecular flexibility index (Phi) is 4.59. The molecule has 0 spiro atoms. The van der Waals surface area contributed by atoms with Gasteiger partial charge in [0.1, 0.15) is 0 Å². The number of amides is 1. The first-order valence-electron chi connectivity index (χ1n) is 4.72. The summed E-state index contributed by atoms with van der Waals surface area (Å²) in [6, 6.07) is 0.610. The first-order valence-corrected chi connectivity index (χ1v) is 6.11. The molecule has 1 N–H and O–H groups in total. The van der Waals surface area contributed by atoms with E-state index in [4.69, 9.17) is 0 Å². The lowest BCUT2D eigenvalue weighted by Crippen LogP contribution is -2.44. The predicted molar refractivity (Wildman–Crippen MR) is 57.0 cm³/mol. The number of hydrogen-bond acceptors (Lipinski definition) is 3. The van der Waals surface area contributed by atoms with Crippen LogP contribution in [0.15, 0.2) is 0 Å². The van der Waals surface area contributed by atoms with Crippen LogP contribution in [0.5, 0.6) is 0 Å². The van der Waals surface area contributed by atoms with Gasteiger partial charge in [0.05, 0.1) is 5.75 Å². The molecule has 1 aliphatic heterocycles. The largest absolute Gasteiger partial charge is 0.342 e. The Morgan fingerprint density at radius 3 is 2.62 bits per heavy atom. The summed E-state index contributed by atoms with van der Waals surface area (Å²) in [5.41, 5.74) is 0. The summed E-state index contributed by atoms with van der Waals surface area (Å²) in [4.78, 5) is 13.5. The first kappa shape index (κ1) is 10.9. The van der Waals surface area contributed by atoms with Crippen molar-refractivity contribution in [3.63, 3.8) is 0 Å². The second-order valence-electron chi connectivity index (χ2n) is 3.38. The Morgan fingerprint density at radius 2 is 2.15 bits per heavy atom. The smallest absolute Gasteiger partial charge is 0.232 e. The molecule has 0 unspecified atom stereocenters. The highest BCUT2D eigenvalue weighted by molar-refractivity contribution is 7.99. The molecule has 0 aromatic carbocycles. The molecular formula is C9H18N2OS. The molecule has 1 heterocycles. The molecule has 1 rings (SSSR count). The molecule has 0 aliphatic carbocycles. The Morgan fingerprint density at radius 1 is 1.54 bits per heavy atom. The number of piperidine rings is 1. The highest BCUT2D eigenvalue weighted by Gasteiger charge is 2.20. The van der Waals surface area contributed by atoms with Gasteiger partial charge in [-0.2, -0.15) is 11.8 Å². The molecule has 13 heavy (non-hydrogen) atoms. The molecule has 1 saturated heterocycles. The van der Waals surface area contributed by atoms with Crippen molar-refractivity contribution < 1.29 is 4.79 Å². The van der Waals surface area contributed by atoms with Crippen LogP contribution in [0.4, 0.5) is 0 Å². The third-order valence-electron chi connectivity index (χ3n) is 2.52. The van der Waals surface area contributed by atoms with Crippen LogP contribution < -0.4 is 5.32 Å². The Bertz CT molecular complexity index is 167. The van der Waals surface area contributed by atoms with E-state index in [2.05, 4.69) is 5.32 Å². The van der Waals surface area contributed by atoms with E-state index in [9.17, 15) is 4.79 Å². The van der Waals surface area contributed by atoms with Crippen molar-refractivity contribution in [2.75, 3.05) is 32.1 Å². The SMILES string of the molecule is CNC1CCN(C(=O)CSC)CC1. The van der Waals surface area contributed by atoms with E-state index in [1.807, 2.05) is 18.2 Å². The van der Waals surface area contributed by atoms with Crippen LogP contribution in [0.25, 0.3) is 0 Å². The van der Waals surface area contributed by atoms with Gasteiger partial charge in [-0.05, 0) is 26.1 Å². The molecule has 1 amide bonds. The standard InChI is InChI=1S/C9H18N2OS/c1-10-8-3-5-11(6-4-8)9(12)7-13-2/h8,10H,3-7H2,1-2H3. The van der Waals surface area contributed by atoms with Crippen molar-refractivity contribution >= 4 is 17.7 Å². The van der Waals surface area contributed by atoms with Gasteiger partial charge >= 0.3 is 0 Å². The maximum Gasteiger partial charge on any atom is 0.232 e. The van der Waals surface area contributed by atoms with Gasteiger partial charge in [-0.15, -0.1) is 0 Å². The average Bonchev–Trinajstić information content (AvgIpc) is 2.18. The zero-order valence-electron chi connectivity index (χ0n) is 8.38. The van der Waals surface area contributed by atoms with Gasteiger partial charge in [-0.3, -0.25) is 4.79 Å². The highest BCUT2D eigenvalue weighted by Crippen LogP contribution is 2.11. The Hall–Kier alpha value is -0.220. The zero-order chi connectivity index (χ0) is 9.68. The molecule has 3 nitrogen and oxygen atoms in total. The van der Waals surface area contributed by atoms with Crippen molar-refractivity contribution in [1.82, 2.24) is 10.2 Å². The van der Waals surface area contributed by atoms with Crippen LogP contribution in [0, 0.1) is 0 Å². The number of carbonyl (C=O) groups is 1. The summed E-state index contributed by atoms with van der Waals surface area (Å²) < 4.78 is 0. The quantitative estimate of drug-likeness (QED) is 0.726. The van der Waals surface area contributed by atoms with E-state index >= 15 is 0 Å². The molecule has 0 saturated carbocycles. The number of hydrogen-bond donors (Lipinski definition) is 1. The van der Waals surface area contributed by atoms with Crippen molar-refractivity contribution in [3.8, 4) is 0 Å². The van der Waals surface area contributed by atoms with Crippen LogP contribution in [0.2, 0.25) is 0 Å². The summed E-state index contributed by atoms with van der Waals surface area (Å²) in [5.74, 6) is 0.923. The Balaban J connectivity index is 2.28. The van der Waals surface area contributed by atoms with E-state index in [1.165, 1.54) is 0 Å². The minimum Gasteiger partial charge on any atom is -0.342 e. The van der Waals surface area contributed by atoms with Crippen LogP contribution in [-0.4, -0.2) is 49.0 Å². The van der Waals surface area contributed by atoms with Crippen LogP contribution in [-0.2, 0) is 4.79 Å². The highest BCUT2D eigenvalue weighted by atomic mass is 32.2. The fraction of sp³-hybridized carbons (Fsp3) is 0.889. The summed E-state index contributed by atoms with van der Waals surface area (Å²) in [7, 11) is 1.99. The molecule has 0 aromatic rings. The van der Waals surface area contributed by atoms with E-state index in [1.54, 1.807) is 11.8 Å². The minimum absolute atomic E-state index is 0.294. The molecule has 0 aromatic heterocycles. The van der Waals surface area contributed by atoms with Crippen molar-refractivity contribution in [3.05, 3.63) is 0 Å². The normalized spacial score (nSPS) is 19.1. The van der Waals surface area contributed by atoms with Gasteiger partial charge < -0.3 is 10.2 Å². The Labute approximate surface area is 84.2 Å². The van der Waals surface area contributed by atoms with Crippen LogP contribution >= 0.6 is 11.8 Å². The maximum atomic E-state index is 11.5. The van der Waals surface area contributed by atoms with Gasteiger partial charge in [-0.25, -0.2) is 0 Å². The number of nitrogens with one attached hydrogen (secondary N) is 1. The number of rotatable bonds is 3. The zero-order valence-corrected chi connectivity index (χ0v) is 9.19. The molecule has 0 bridgehead atoms. The fourth-order valence-corrected chi connectivity index (χ4v) is 2.06. The van der Waals surface area contributed by atoms with E-state index in [0.29, 0.717) is 17.7 Å². The molecule has 4 heteroatoms. The van der Waals surface area contributed by atoms with Crippen molar-refractivity contribution in [2.45, 2.75) is 18.9 Å². The topological polar surface area (TPSA) is 32.3 Å². The van der Waals surface area contributed by atoms with Crippen LogP contribution in [0.3, 0.4) is 0 Å². The molecule has 1 fully saturated rings. The minimum atomic E-state index is 0.294. The van der Waals surface area contributed by atoms with Crippen molar-refractivity contribution in [1.29, 1.82) is 0 Å². The van der Waals surface area contributed by atoms with Gasteiger partial charge in [0.2, 0.25) is 5.91 Å². The van der Waals surface area contributed by atoms with E-state index in [-0.39, 0.29) is 0 Å². The second-order valence-corrected chi connectivity index (χ2v) is 4.24. The molecule has 76 valence electrons. The van der Waals surface area contributed by atoms with Gasteiger partial charge in [-0.1, -0.05) is 0 Å². The number of thioether (sulfide) groups is 1. The van der Waals surface area contributed by atoms with E-state index in [0.717, 1.165) is 25.9 Å². The lowest BCUT2D eigenvalue weighted by atomic mass is 10.1. The lowest BCUT2D eigenvalue weighted by Gasteiger charge is -2.31. The first-order chi connectivity index (χ1) is 6.27. The monoisotopic (exact) mass is 202 g/mol. The molecular weight excluding hydrogens is 184 g/mol. The summed E-state index contributed by atoms with van der Waals surface area (Å²) in [6.07, 6.45) is 4.16. The number of likely N-dealkylation sites (tertiary alicyclic amines) is 1. The maximum absolute atomic E-state index is 11.5. The lowest BCUT2D eigenvalue weighted by molar-refractivity contribution is -0.129. The molecule has 0 radical (unpaired) electrons. The average molecular weight is 202 g/mol. The van der Waals surface area contributed by atoms with Crippen LogP contribution in [0.1, 0.15) is 12.8 Å². The number of nitrogens with zero attached hydrogens (tertiary/aromatic N) is 1. The second kappa shape index (κ2) is 5.50. The third kappa shape index (κ3) is 3.19. The van der Waals surface area contributed by atoms with Gasteiger partial charge in [0.15, 0.2) is 0 Å². The fourth-order valence-electron chi connectivity index (χ4n) is 1.63. The van der Waals surface area contributed by atoms with Crippen molar-refractivity contribution in [2.24, 2.45) is 0 Å². The third-order valence-corrected chi connectivity index (χ3v) is 3.06. The summed E-state index contributed by atoms with van der Waals surface area (Å²) >= 11 is 1.60. The number of carbonyl (C=O) groups excluding carboxylic acids is 1. The molecule has 1 aliphatic rings.